The van der Waals surface area contributed by atoms with Gasteiger partial charge in [-0.2, -0.15) is 0 Å². The van der Waals surface area contributed by atoms with Gasteiger partial charge in [-0.05, 0) is 37.1 Å². The third-order valence-corrected chi connectivity index (χ3v) is 4.36. The van der Waals surface area contributed by atoms with E-state index < -0.39 is 0 Å². The Kier molecular flexibility index (Phi) is 4.47. The minimum atomic E-state index is -0.361. The van der Waals surface area contributed by atoms with Crippen molar-refractivity contribution in [1.82, 2.24) is 5.16 Å². The van der Waals surface area contributed by atoms with Crippen LogP contribution in [-0.2, 0) is 9.53 Å². The van der Waals surface area contributed by atoms with Crippen molar-refractivity contribution < 1.29 is 18.8 Å². The number of benzene rings is 1. The van der Waals surface area contributed by atoms with E-state index in [1.165, 1.54) is 13.3 Å². The lowest BCUT2D eigenvalue weighted by Gasteiger charge is -2.15. The van der Waals surface area contributed by atoms with Gasteiger partial charge in [-0.3, -0.25) is 13.5 Å². The summed E-state index contributed by atoms with van der Waals surface area (Å²) < 4.78 is 11.4. The summed E-state index contributed by atoms with van der Waals surface area (Å²) in [6, 6.07) is 6.95. The molecule has 0 aliphatic heterocycles. The predicted molar refractivity (Wildman–Crippen MR) is 86.6 cm³/mol. The van der Waals surface area contributed by atoms with Crippen LogP contribution in [0.2, 0.25) is 0 Å². The molecule has 1 heterocycles. The van der Waals surface area contributed by atoms with Crippen molar-refractivity contribution >= 4 is 33.6 Å². The molecule has 0 atom stereocenters. The van der Waals surface area contributed by atoms with Gasteiger partial charge < -0.3 is 9.26 Å². The minimum Gasteiger partial charge on any atom is -0.468 e. The summed E-state index contributed by atoms with van der Waals surface area (Å²) in [4.78, 5) is 23.8. The maximum Gasteiger partial charge on any atom is 0.326 e. The van der Waals surface area contributed by atoms with Crippen LogP contribution in [0, 0.1) is 0 Å². The zero-order valence-electron chi connectivity index (χ0n) is 12.5. The second-order valence-electron chi connectivity index (χ2n) is 5.35. The molecule has 0 saturated heterocycles. The molecule has 120 valence electrons. The van der Waals surface area contributed by atoms with Gasteiger partial charge in [-0.15, -0.1) is 0 Å². The summed E-state index contributed by atoms with van der Waals surface area (Å²) in [6.45, 7) is 0.0707. The molecule has 1 fully saturated rings. The topological polar surface area (TPSA) is 72.6 Å². The lowest BCUT2D eigenvalue weighted by molar-refractivity contribution is -0.138. The molecule has 3 rings (SSSR count). The average molecular weight is 379 g/mol. The van der Waals surface area contributed by atoms with Crippen molar-refractivity contribution in [3.05, 3.63) is 47.3 Å². The van der Waals surface area contributed by atoms with E-state index in [9.17, 15) is 9.59 Å². The number of hydrogen-bond donors (Lipinski definition) is 0. The Morgan fingerprint density at radius 2 is 2.04 bits per heavy atom. The number of anilines is 1. The van der Waals surface area contributed by atoms with E-state index in [0.717, 1.165) is 18.5 Å². The first-order valence-electron chi connectivity index (χ1n) is 7.19. The molecule has 1 aromatic carbocycles. The van der Waals surface area contributed by atoms with Crippen LogP contribution >= 0.6 is 16.1 Å². The molecule has 0 N–H and O–H groups in total. The van der Waals surface area contributed by atoms with Crippen LogP contribution in [0.25, 0.3) is 0 Å². The van der Waals surface area contributed by atoms with Crippen molar-refractivity contribution in [2.45, 2.75) is 18.8 Å². The lowest BCUT2D eigenvalue weighted by Crippen LogP contribution is -2.21. The predicted octanol–water partition coefficient (Wildman–Crippen LogP) is 3.07. The number of methoxy groups -OCH3 is 1. The van der Waals surface area contributed by atoms with Crippen LogP contribution in [0.5, 0.6) is 0 Å². The van der Waals surface area contributed by atoms with Gasteiger partial charge in [0, 0.05) is 17.2 Å². The summed E-state index contributed by atoms with van der Waals surface area (Å²) >= 11 is 3.29. The van der Waals surface area contributed by atoms with Gasteiger partial charge >= 0.3 is 5.97 Å². The van der Waals surface area contributed by atoms with Gasteiger partial charge in [0.05, 0.1) is 35.0 Å². The molecule has 0 bridgehead atoms. The molecule has 0 unspecified atom stereocenters. The van der Waals surface area contributed by atoms with Crippen LogP contribution in [0.3, 0.4) is 0 Å². The molecule has 0 amide bonds. The van der Waals surface area contributed by atoms with E-state index in [1.807, 2.05) is 0 Å². The standard InChI is InChI=1S/C16H15BrN2O4/c1-22-14(20)9-19(17)12-6-4-10(5-7-12)15(21)13-8-18-23-16(13)11-2-3-11/h4-8,11H,2-3,9H2,1H3. The fraction of sp³-hybridized carbons (Fsp3) is 0.312. The largest absolute Gasteiger partial charge is 0.468 e. The number of carbonyl (C=O) groups is 2. The van der Waals surface area contributed by atoms with Gasteiger partial charge in [0.15, 0.2) is 11.5 Å². The highest BCUT2D eigenvalue weighted by molar-refractivity contribution is 9.10. The molecule has 1 aromatic heterocycles. The van der Waals surface area contributed by atoms with Crippen molar-refractivity contribution in [2.75, 3.05) is 17.6 Å². The van der Waals surface area contributed by atoms with E-state index in [4.69, 9.17) is 4.52 Å². The number of ether oxygens (including phenoxy) is 1. The van der Waals surface area contributed by atoms with Gasteiger partial charge in [0.2, 0.25) is 0 Å². The number of rotatable bonds is 6. The fourth-order valence-corrected chi connectivity index (χ4v) is 2.70. The molecule has 2 aromatic rings. The summed E-state index contributed by atoms with van der Waals surface area (Å²) in [5.41, 5.74) is 1.84. The second-order valence-corrected chi connectivity index (χ2v) is 6.21. The Morgan fingerprint density at radius 3 is 2.65 bits per heavy atom. The molecule has 0 spiro atoms. The van der Waals surface area contributed by atoms with Gasteiger partial charge in [0.1, 0.15) is 6.54 Å². The Morgan fingerprint density at radius 1 is 1.35 bits per heavy atom. The van der Waals surface area contributed by atoms with Crippen molar-refractivity contribution in [3.8, 4) is 0 Å². The van der Waals surface area contributed by atoms with Crippen molar-refractivity contribution in [1.29, 1.82) is 0 Å². The Hall–Kier alpha value is -2.15. The van der Waals surface area contributed by atoms with E-state index in [0.29, 0.717) is 22.8 Å². The lowest BCUT2D eigenvalue weighted by atomic mass is 10.0. The van der Waals surface area contributed by atoms with Crippen molar-refractivity contribution in [3.63, 3.8) is 0 Å². The summed E-state index contributed by atoms with van der Waals surface area (Å²) in [5.74, 6) is 0.551. The van der Waals surface area contributed by atoms with E-state index in [-0.39, 0.29) is 18.3 Å². The maximum atomic E-state index is 12.6. The van der Waals surface area contributed by atoms with Crippen LogP contribution in [-0.4, -0.2) is 30.6 Å². The minimum absolute atomic E-state index is 0.0707. The smallest absolute Gasteiger partial charge is 0.326 e. The monoisotopic (exact) mass is 378 g/mol. The number of carbonyl (C=O) groups excluding carboxylic acids is 2. The molecule has 0 radical (unpaired) electrons. The third-order valence-electron chi connectivity index (χ3n) is 3.70. The normalized spacial score (nSPS) is 13.7. The molecular weight excluding hydrogens is 364 g/mol. The quantitative estimate of drug-likeness (QED) is 0.436. The summed E-state index contributed by atoms with van der Waals surface area (Å²) in [5, 5.41) is 3.75. The van der Waals surface area contributed by atoms with E-state index in [2.05, 4.69) is 26.0 Å². The van der Waals surface area contributed by atoms with Crippen LogP contribution in [0.1, 0.15) is 40.4 Å². The zero-order chi connectivity index (χ0) is 16.4. The Balaban J connectivity index is 1.75. The van der Waals surface area contributed by atoms with E-state index in [1.54, 1.807) is 28.2 Å². The number of aromatic nitrogens is 1. The highest BCUT2D eigenvalue weighted by Crippen LogP contribution is 2.42. The molecular formula is C16H15BrN2O4. The van der Waals surface area contributed by atoms with Crippen LogP contribution in [0.4, 0.5) is 5.69 Å². The molecule has 23 heavy (non-hydrogen) atoms. The second kappa shape index (κ2) is 6.54. The third kappa shape index (κ3) is 3.44. The summed E-state index contributed by atoms with van der Waals surface area (Å²) in [6.07, 6.45) is 3.57. The molecule has 1 aliphatic rings. The average Bonchev–Trinajstić information content (AvgIpc) is 3.31. The van der Waals surface area contributed by atoms with Gasteiger partial charge in [-0.25, -0.2) is 0 Å². The first kappa shape index (κ1) is 15.7. The molecule has 1 aliphatic carbocycles. The highest BCUT2D eigenvalue weighted by Gasteiger charge is 2.32. The number of esters is 1. The number of halogens is 1. The van der Waals surface area contributed by atoms with Gasteiger partial charge in [0.25, 0.3) is 0 Å². The molecule has 6 nitrogen and oxygen atoms in total. The molecule has 7 heteroatoms. The fourth-order valence-electron chi connectivity index (χ4n) is 2.26. The molecule has 1 saturated carbocycles. The number of ketones is 1. The first-order chi connectivity index (χ1) is 11.1. The first-order valence-corrected chi connectivity index (χ1v) is 7.90. The van der Waals surface area contributed by atoms with Gasteiger partial charge in [-0.1, -0.05) is 5.16 Å². The Labute approximate surface area is 141 Å². The van der Waals surface area contributed by atoms with Crippen molar-refractivity contribution in [2.24, 2.45) is 0 Å². The maximum absolute atomic E-state index is 12.6. The Bertz CT molecular complexity index is 722. The zero-order valence-corrected chi connectivity index (χ0v) is 14.1. The summed E-state index contributed by atoms with van der Waals surface area (Å²) in [7, 11) is 1.33. The number of hydrogen-bond acceptors (Lipinski definition) is 6. The number of nitrogens with zero attached hydrogens (tertiary/aromatic N) is 2. The van der Waals surface area contributed by atoms with E-state index >= 15 is 0 Å². The SMILES string of the molecule is COC(=O)CN(Br)c1ccc(C(=O)c2cnoc2C2CC2)cc1. The van der Waals surface area contributed by atoms with Crippen LogP contribution in [0.15, 0.2) is 35.0 Å². The van der Waals surface area contributed by atoms with Crippen LogP contribution < -0.4 is 3.93 Å². The highest BCUT2D eigenvalue weighted by atomic mass is 79.9.